The van der Waals surface area contributed by atoms with E-state index in [1.165, 1.54) is 4.90 Å². The molecule has 2 saturated heterocycles. The summed E-state index contributed by atoms with van der Waals surface area (Å²) in [5.41, 5.74) is 0.0244. The molecule has 2 aromatic rings. The highest BCUT2D eigenvalue weighted by atomic mass is 16.5. The van der Waals surface area contributed by atoms with Gasteiger partial charge in [-0.1, -0.05) is 42.5 Å². The number of carbonyl (C=O) groups excluding carboxylic acids is 3. The van der Waals surface area contributed by atoms with Crippen molar-refractivity contribution in [1.29, 1.82) is 0 Å². The molecule has 0 saturated carbocycles. The van der Waals surface area contributed by atoms with Crippen LogP contribution in [-0.2, 0) is 19.1 Å². The largest absolute Gasteiger partial charge is 0.497 e. The maximum Gasteiger partial charge on any atom is 0.253 e. The number of anilines is 2. The minimum absolute atomic E-state index is 0.221. The average Bonchev–Trinajstić information content (AvgIpc) is 3.29. The highest BCUT2D eigenvalue weighted by Gasteiger charge is 2.72. The molecular weight excluding hydrogens is 498 g/mol. The fourth-order valence-corrected chi connectivity index (χ4v) is 6.47. The van der Waals surface area contributed by atoms with E-state index in [1.54, 1.807) is 54.2 Å². The Balaban J connectivity index is 1.44. The van der Waals surface area contributed by atoms with Crippen molar-refractivity contribution in [2.24, 2.45) is 11.8 Å². The van der Waals surface area contributed by atoms with Crippen LogP contribution in [0.1, 0.15) is 6.92 Å². The molecule has 4 heterocycles. The number of hydrogen-bond acceptors (Lipinski definition) is 6. The molecule has 0 radical (unpaired) electrons. The van der Waals surface area contributed by atoms with E-state index in [9.17, 15) is 19.5 Å². The van der Waals surface area contributed by atoms with E-state index >= 15 is 0 Å². The van der Waals surface area contributed by atoms with Gasteiger partial charge < -0.3 is 29.3 Å². The van der Waals surface area contributed by atoms with E-state index in [1.807, 2.05) is 48.6 Å². The number of carbonyl (C=O) groups is 3. The molecule has 6 atom stereocenters. The van der Waals surface area contributed by atoms with Crippen LogP contribution in [0.5, 0.6) is 5.75 Å². The van der Waals surface area contributed by atoms with Crippen molar-refractivity contribution in [1.82, 2.24) is 4.90 Å². The van der Waals surface area contributed by atoms with Crippen LogP contribution in [0.2, 0.25) is 0 Å². The second-order valence-corrected chi connectivity index (χ2v) is 10.4. The lowest BCUT2D eigenvalue weighted by Crippen LogP contribution is -2.57. The number of hydrogen-bond donors (Lipinski definition) is 1. The van der Waals surface area contributed by atoms with Crippen LogP contribution in [0.15, 0.2) is 78.9 Å². The minimum Gasteiger partial charge on any atom is -0.497 e. The van der Waals surface area contributed by atoms with Crippen LogP contribution in [0.3, 0.4) is 0 Å². The summed E-state index contributed by atoms with van der Waals surface area (Å²) in [6, 6.07) is 14.8. The van der Waals surface area contributed by atoms with Crippen LogP contribution in [-0.4, -0.2) is 78.3 Å². The number of rotatable bonds is 5. The number of amides is 3. The Kier molecular flexibility index (Phi) is 6.28. The fraction of sp³-hybridized carbons (Fsp3) is 0.367. The summed E-state index contributed by atoms with van der Waals surface area (Å²) in [6.07, 6.45) is 6.69. The van der Waals surface area contributed by atoms with E-state index in [0.29, 0.717) is 18.0 Å². The summed E-state index contributed by atoms with van der Waals surface area (Å²) >= 11 is 0. The van der Waals surface area contributed by atoms with Crippen LogP contribution in [0.4, 0.5) is 11.4 Å². The lowest BCUT2D eigenvalue weighted by Gasteiger charge is -2.37. The van der Waals surface area contributed by atoms with Gasteiger partial charge in [0.2, 0.25) is 11.8 Å². The van der Waals surface area contributed by atoms with Crippen molar-refractivity contribution in [2.75, 3.05) is 36.6 Å². The van der Waals surface area contributed by atoms with E-state index in [2.05, 4.69) is 0 Å². The molecule has 2 fully saturated rings. The van der Waals surface area contributed by atoms with Gasteiger partial charge >= 0.3 is 0 Å². The zero-order chi connectivity index (χ0) is 27.3. The van der Waals surface area contributed by atoms with Gasteiger partial charge in [-0.2, -0.15) is 0 Å². The Morgan fingerprint density at radius 2 is 1.62 bits per heavy atom. The number of fused-ring (bicyclic) bond motifs is 2. The molecule has 1 unspecified atom stereocenters. The first kappa shape index (κ1) is 25.3. The van der Waals surface area contributed by atoms with E-state index in [0.717, 1.165) is 5.69 Å². The van der Waals surface area contributed by atoms with Crippen LogP contribution in [0.25, 0.3) is 0 Å². The van der Waals surface area contributed by atoms with Crippen molar-refractivity contribution >= 4 is 29.1 Å². The van der Waals surface area contributed by atoms with Gasteiger partial charge in [0, 0.05) is 24.5 Å². The summed E-state index contributed by atoms with van der Waals surface area (Å²) in [5, 5.41) is 10.1. The van der Waals surface area contributed by atoms with Crippen molar-refractivity contribution in [3.63, 3.8) is 0 Å². The Labute approximate surface area is 226 Å². The topological polar surface area (TPSA) is 99.6 Å². The van der Waals surface area contributed by atoms with Crippen LogP contribution < -0.4 is 14.5 Å². The first-order valence-electron chi connectivity index (χ1n) is 13.2. The third-order valence-electron chi connectivity index (χ3n) is 8.29. The summed E-state index contributed by atoms with van der Waals surface area (Å²) in [7, 11) is 1.57. The highest BCUT2D eigenvalue weighted by Crippen LogP contribution is 2.54. The summed E-state index contributed by atoms with van der Waals surface area (Å²) in [6.45, 7) is 2.00. The standard InChI is InChI=1S/C30H31N3O6/c1-19(18-34)33-26-29(37)32(21-11-13-22(38-2)14-12-21)17-7-15-30(26)25(28(33)36)24-23(39-30)10-6-16-31(27(24)35)20-8-4-3-5-9-20/h3-15,19,23-26,34H,16-18H2,1-2H3/t19-,23-,24+,25+,26?,30+/m1/s1. The van der Waals surface area contributed by atoms with Crippen molar-refractivity contribution in [2.45, 2.75) is 30.7 Å². The molecule has 1 N–H and O–H groups in total. The molecule has 9 heteroatoms. The number of benzene rings is 2. The SMILES string of the molecule is COc1ccc(N2CC=C[C@]34O[C@@H]5C=CCN(c6ccccc6)C(=O)[C@@H]5[C@H]3C(=O)N([C@H](C)CO)C4C2=O)cc1. The number of para-hydroxylation sites is 1. The Morgan fingerprint density at radius 1 is 0.949 bits per heavy atom. The van der Waals surface area contributed by atoms with E-state index < -0.39 is 35.6 Å². The molecule has 3 amide bonds. The van der Waals surface area contributed by atoms with Crippen molar-refractivity contribution in [3.8, 4) is 5.75 Å². The Hall–Kier alpha value is -3.95. The quantitative estimate of drug-likeness (QED) is 0.596. The zero-order valence-corrected chi connectivity index (χ0v) is 21.8. The van der Waals surface area contributed by atoms with E-state index in [4.69, 9.17) is 9.47 Å². The average molecular weight is 530 g/mol. The molecule has 0 bridgehead atoms. The first-order chi connectivity index (χ1) is 18.9. The van der Waals surface area contributed by atoms with Gasteiger partial charge in [0.05, 0.1) is 37.7 Å². The predicted octanol–water partition coefficient (Wildman–Crippen LogP) is 2.16. The Morgan fingerprint density at radius 3 is 2.31 bits per heavy atom. The summed E-state index contributed by atoms with van der Waals surface area (Å²) in [5.74, 6) is -1.98. The van der Waals surface area contributed by atoms with Gasteiger partial charge in [-0.05, 0) is 43.3 Å². The van der Waals surface area contributed by atoms with Gasteiger partial charge in [0.15, 0.2) is 0 Å². The molecule has 4 aliphatic heterocycles. The lowest BCUT2D eigenvalue weighted by molar-refractivity contribution is -0.143. The molecule has 4 aliphatic rings. The summed E-state index contributed by atoms with van der Waals surface area (Å²) in [4.78, 5) is 47.3. The molecule has 2 aromatic carbocycles. The number of aliphatic hydroxyl groups is 1. The van der Waals surface area contributed by atoms with Crippen molar-refractivity contribution in [3.05, 3.63) is 78.9 Å². The molecule has 6 rings (SSSR count). The first-order valence-corrected chi connectivity index (χ1v) is 13.2. The van der Waals surface area contributed by atoms with E-state index in [-0.39, 0.29) is 30.9 Å². The third kappa shape index (κ3) is 3.79. The molecule has 202 valence electrons. The molecule has 0 aromatic heterocycles. The maximum atomic E-state index is 14.3. The minimum atomic E-state index is -1.35. The van der Waals surface area contributed by atoms with Gasteiger partial charge in [-0.15, -0.1) is 0 Å². The number of likely N-dealkylation sites (tertiary alicyclic amines) is 1. The van der Waals surface area contributed by atoms with Gasteiger partial charge in [0.25, 0.3) is 5.91 Å². The van der Waals surface area contributed by atoms with Crippen LogP contribution in [0, 0.1) is 11.8 Å². The van der Waals surface area contributed by atoms with Gasteiger partial charge in [-0.3, -0.25) is 14.4 Å². The number of aliphatic hydroxyl groups excluding tert-OH is 1. The predicted molar refractivity (Wildman–Crippen MR) is 144 cm³/mol. The number of methoxy groups -OCH3 is 1. The highest BCUT2D eigenvalue weighted by molar-refractivity contribution is 6.07. The normalized spacial score (nSPS) is 30.5. The maximum absolute atomic E-state index is 14.3. The molecule has 9 nitrogen and oxygen atoms in total. The Bertz CT molecular complexity index is 1340. The number of ether oxygens (including phenoxy) is 2. The molecule has 0 aliphatic carbocycles. The molecule has 39 heavy (non-hydrogen) atoms. The second-order valence-electron chi connectivity index (χ2n) is 10.4. The lowest BCUT2D eigenvalue weighted by atomic mass is 9.77. The molecule has 1 spiro atoms. The molecular formula is C30H31N3O6. The zero-order valence-electron chi connectivity index (χ0n) is 21.8. The fourth-order valence-electron chi connectivity index (χ4n) is 6.47. The van der Waals surface area contributed by atoms with Gasteiger partial charge in [0.1, 0.15) is 17.4 Å². The van der Waals surface area contributed by atoms with Gasteiger partial charge in [-0.25, -0.2) is 0 Å². The van der Waals surface area contributed by atoms with Crippen molar-refractivity contribution < 1.29 is 29.0 Å². The summed E-state index contributed by atoms with van der Waals surface area (Å²) < 4.78 is 11.9. The smallest absolute Gasteiger partial charge is 0.253 e. The van der Waals surface area contributed by atoms with Crippen LogP contribution >= 0.6 is 0 Å². The monoisotopic (exact) mass is 529 g/mol. The third-order valence-corrected chi connectivity index (χ3v) is 8.29. The number of nitrogens with zero attached hydrogens (tertiary/aromatic N) is 3. The second kappa shape index (κ2) is 9.66.